The number of amides is 2. The molecule has 2 heterocycles. The summed E-state index contributed by atoms with van der Waals surface area (Å²) in [6, 6.07) is 6.94. The summed E-state index contributed by atoms with van der Waals surface area (Å²) in [4.78, 5) is 33.0. The molecule has 154 valence electrons. The quantitative estimate of drug-likeness (QED) is 0.811. The van der Waals surface area contributed by atoms with Gasteiger partial charge in [0.2, 0.25) is 5.91 Å². The van der Waals surface area contributed by atoms with Gasteiger partial charge in [-0.3, -0.25) is 19.5 Å². The molecule has 0 saturated carbocycles. The average Bonchev–Trinajstić information content (AvgIpc) is 2.96. The van der Waals surface area contributed by atoms with Crippen LogP contribution in [0.1, 0.15) is 22.3 Å². The highest BCUT2D eigenvalue weighted by atomic mass is 35.5. The number of aromatic nitrogens is 1. The molecule has 2 amide bonds. The number of pyridine rings is 1. The number of anilines is 1. The van der Waals surface area contributed by atoms with Gasteiger partial charge in [0.25, 0.3) is 5.91 Å². The number of rotatable bonds is 5. The van der Waals surface area contributed by atoms with Crippen molar-refractivity contribution in [1.82, 2.24) is 14.8 Å². The number of benzene rings is 1. The van der Waals surface area contributed by atoms with Gasteiger partial charge >= 0.3 is 0 Å². The third-order valence-corrected chi connectivity index (χ3v) is 5.33. The van der Waals surface area contributed by atoms with E-state index in [-0.39, 0.29) is 18.4 Å². The molecule has 0 spiro atoms. The van der Waals surface area contributed by atoms with Crippen LogP contribution in [0.5, 0.6) is 5.75 Å². The Bertz CT molecular complexity index is 876. The topological polar surface area (TPSA) is 74.8 Å². The molecule has 0 unspecified atom stereocenters. The van der Waals surface area contributed by atoms with Gasteiger partial charge in [0.15, 0.2) is 0 Å². The van der Waals surface area contributed by atoms with Crippen molar-refractivity contribution in [3.05, 3.63) is 52.8 Å². The van der Waals surface area contributed by atoms with Crippen molar-refractivity contribution in [2.45, 2.75) is 13.3 Å². The molecular formula is C21H25ClN4O3. The fourth-order valence-corrected chi connectivity index (χ4v) is 3.49. The Morgan fingerprint density at radius 1 is 1.17 bits per heavy atom. The van der Waals surface area contributed by atoms with Gasteiger partial charge < -0.3 is 15.0 Å². The predicted octanol–water partition coefficient (Wildman–Crippen LogP) is 2.84. The van der Waals surface area contributed by atoms with Crippen LogP contribution in [-0.2, 0) is 4.79 Å². The molecule has 0 radical (unpaired) electrons. The highest BCUT2D eigenvalue weighted by Crippen LogP contribution is 2.30. The fourth-order valence-electron chi connectivity index (χ4n) is 3.33. The van der Waals surface area contributed by atoms with Crippen LogP contribution in [0, 0.1) is 6.92 Å². The largest absolute Gasteiger partial charge is 0.495 e. The first-order valence-corrected chi connectivity index (χ1v) is 9.91. The van der Waals surface area contributed by atoms with E-state index in [1.165, 1.54) is 0 Å². The maximum atomic E-state index is 12.6. The summed E-state index contributed by atoms with van der Waals surface area (Å²) in [5.74, 6) is 0.401. The van der Waals surface area contributed by atoms with E-state index in [9.17, 15) is 9.59 Å². The first kappa shape index (κ1) is 21.1. The maximum Gasteiger partial charge on any atom is 0.254 e. The Labute approximate surface area is 175 Å². The molecule has 7 nitrogen and oxygen atoms in total. The van der Waals surface area contributed by atoms with E-state index in [4.69, 9.17) is 16.3 Å². The molecule has 1 aliphatic heterocycles. The van der Waals surface area contributed by atoms with Crippen LogP contribution in [0.3, 0.4) is 0 Å². The Kier molecular flexibility index (Phi) is 7.06. The second kappa shape index (κ2) is 9.71. The molecule has 1 saturated heterocycles. The third kappa shape index (κ3) is 5.46. The summed E-state index contributed by atoms with van der Waals surface area (Å²) < 4.78 is 5.31. The monoisotopic (exact) mass is 416 g/mol. The first-order valence-electron chi connectivity index (χ1n) is 9.53. The Balaban J connectivity index is 1.57. The molecule has 1 fully saturated rings. The van der Waals surface area contributed by atoms with Gasteiger partial charge in [0.05, 0.1) is 19.3 Å². The number of hydrogen-bond donors (Lipinski definition) is 1. The van der Waals surface area contributed by atoms with Gasteiger partial charge in [-0.1, -0.05) is 11.6 Å². The van der Waals surface area contributed by atoms with Crippen LogP contribution >= 0.6 is 11.6 Å². The van der Waals surface area contributed by atoms with E-state index in [1.54, 1.807) is 43.8 Å². The van der Waals surface area contributed by atoms with Gasteiger partial charge in [-0.05, 0) is 37.1 Å². The number of hydrogen-bond acceptors (Lipinski definition) is 5. The summed E-state index contributed by atoms with van der Waals surface area (Å²) in [5, 5.41) is 3.49. The minimum atomic E-state index is -0.126. The summed E-state index contributed by atoms with van der Waals surface area (Å²) in [6.45, 7) is 4.77. The van der Waals surface area contributed by atoms with E-state index in [0.717, 1.165) is 18.5 Å². The SMILES string of the molecule is COc1cc(Cl)c(C)cc1NC(=O)CN1CCCN(C(=O)c2ccncc2)CC1. The smallest absolute Gasteiger partial charge is 0.254 e. The lowest BCUT2D eigenvalue weighted by atomic mass is 10.2. The average molecular weight is 417 g/mol. The Morgan fingerprint density at radius 3 is 2.66 bits per heavy atom. The molecular weight excluding hydrogens is 392 g/mol. The van der Waals surface area contributed by atoms with E-state index in [0.29, 0.717) is 41.7 Å². The first-order chi connectivity index (χ1) is 14.0. The molecule has 1 aromatic carbocycles. The number of methoxy groups -OCH3 is 1. The van der Waals surface area contributed by atoms with Crippen molar-refractivity contribution >= 4 is 29.1 Å². The number of nitrogens with zero attached hydrogens (tertiary/aromatic N) is 3. The molecule has 1 N–H and O–H groups in total. The van der Waals surface area contributed by atoms with Crippen molar-refractivity contribution in [3.8, 4) is 5.75 Å². The van der Waals surface area contributed by atoms with Crippen LogP contribution in [-0.4, -0.2) is 66.4 Å². The lowest BCUT2D eigenvalue weighted by molar-refractivity contribution is -0.117. The fraction of sp³-hybridized carbons (Fsp3) is 0.381. The van der Waals surface area contributed by atoms with Crippen LogP contribution in [0.15, 0.2) is 36.7 Å². The van der Waals surface area contributed by atoms with Crippen molar-refractivity contribution < 1.29 is 14.3 Å². The van der Waals surface area contributed by atoms with E-state index >= 15 is 0 Å². The predicted molar refractivity (Wildman–Crippen MR) is 113 cm³/mol. The zero-order chi connectivity index (χ0) is 20.8. The lowest BCUT2D eigenvalue weighted by Gasteiger charge is -2.22. The number of nitrogens with one attached hydrogen (secondary N) is 1. The second-order valence-corrected chi connectivity index (χ2v) is 7.41. The molecule has 0 atom stereocenters. The highest BCUT2D eigenvalue weighted by Gasteiger charge is 2.22. The number of carbonyl (C=O) groups excluding carboxylic acids is 2. The summed E-state index contributed by atoms with van der Waals surface area (Å²) in [5.41, 5.74) is 2.10. The van der Waals surface area contributed by atoms with Crippen molar-refractivity contribution in [3.63, 3.8) is 0 Å². The molecule has 29 heavy (non-hydrogen) atoms. The number of carbonyl (C=O) groups is 2. The molecule has 2 aromatic rings. The van der Waals surface area contributed by atoms with E-state index in [2.05, 4.69) is 15.2 Å². The van der Waals surface area contributed by atoms with Crippen molar-refractivity contribution in [2.75, 3.05) is 45.2 Å². The molecule has 0 aliphatic carbocycles. The van der Waals surface area contributed by atoms with Crippen LogP contribution < -0.4 is 10.1 Å². The number of aryl methyl sites for hydroxylation is 1. The zero-order valence-corrected chi connectivity index (χ0v) is 17.4. The number of halogens is 1. The van der Waals surface area contributed by atoms with Crippen LogP contribution in [0.2, 0.25) is 5.02 Å². The zero-order valence-electron chi connectivity index (χ0n) is 16.7. The number of ether oxygens (including phenoxy) is 1. The Hall–Kier alpha value is -2.64. The van der Waals surface area contributed by atoms with E-state index in [1.807, 2.05) is 11.8 Å². The van der Waals surface area contributed by atoms with Crippen LogP contribution in [0.25, 0.3) is 0 Å². The standard InChI is InChI=1S/C21H25ClN4O3/c1-15-12-18(19(29-2)13-17(15)22)24-20(27)14-25-8-3-9-26(11-10-25)21(28)16-4-6-23-7-5-16/h4-7,12-13H,3,8-11,14H2,1-2H3,(H,24,27). The van der Waals surface area contributed by atoms with E-state index < -0.39 is 0 Å². The molecule has 1 aromatic heterocycles. The van der Waals surface area contributed by atoms with Crippen LogP contribution in [0.4, 0.5) is 5.69 Å². The molecule has 0 bridgehead atoms. The molecule has 3 rings (SSSR count). The maximum absolute atomic E-state index is 12.6. The summed E-state index contributed by atoms with van der Waals surface area (Å²) in [7, 11) is 1.54. The van der Waals surface area contributed by atoms with Crippen molar-refractivity contribution in [2.24, 2.45) is 0 Å². The van der Waals surface area contributed by atoms with Gasteiger partial charge in [0, 0.05) is 55.2 Å². The minimum Gasteiger partial charge on any atom is -0.495 e. The van der Waals surface area contributed by atoms with Crippen molar-refractivity contribution in [1.29, 1.82) is 0 Å². The minimum absolute atomic E-state index is 0.0000716. The Morgan fingerprint density at radius 2 is 1.93 bits per heavy atom. The third-order valence-electron chi connectivity index (χ3n) is 4.93. The van der Waals surface area contributed by atoms with Gasteiger partial charge in [-0.25, -0.2) is 0 Å². The normalized spacial score (nSPS) is 14.9. The second-order valence-electron chi connectivity index (χ2n) is 7.01. The summed E-state index contributed by atoms with van der Waals surface area (Å²) >= 11 is 6.12. The lowest BCUT2D eigenvalue weighted by Crippen LogP contribution is -2.38. The van der Waals surface area contributed by atoms with Gasteiger partial charge in [0.1, 0.15) is 5.75 Å². The molecule has 1 aliphatic rings. The highest BCUT2D eigenvalue weighted by molar-refractivity contribution is 6.31. The van der Waals surface area contributed by atoms with Gasteiger partial charge in [-0.2, -0.15) is 0 Å². The van der Waals surface area contributed by atoms with Gasteiger partial charge in [-0.15, -0.1) is 0 Å². The molecule has 8 heteroatoms. The summed E-state index contributed by atoms with van der Waals surface area (Å²) in [6.07, 6.45) is 4.05.